The molecule has 2 heteroatoms. The Morgan fingerprint density at radius 1 is 1.55 bits per heavy atom. The molecule has 0 bridgehead atoms. The van der Waals surface area contributed by atoms with Crippen LogP contribution in [0.15, 0.2) is 0 Å². The summed E-state index contributed by atoms with van der Waals surface area (Å²) in [5.74, 6) is 1.56. The van der Waals surface area contributed by atoms with E-state index in [9.17, 15) is 4.79 Å². The van der Waals surface area contributed by atoms with Crippen molar-refractivity contribution in [2.45, 2.75) is 33.2 Å². The van der Waals surface area contributed by atoms with Crippen LogP contribution in [-0.2, 0) is 4.79 Å². The van der Waals surface area contributed by atoms with Gasteiger partial charge < -0.3 is 5.32 Å². The van der Waals surface area contributed by atoms with Crippen molar-refractivity contribution in [3.63, 3.8) is 0 Å². The first kappa shape index (κ1) is 7.14. The normalized spacial score (nSPS) is 46.1. The summed E-state index contributed by atoms with van der Waals surface area (Å²) in [5, 5.41) is 3.04. The fourth-order valence-corrected chi connectivity index (χ4v) is 2.67. The minimum absolute atomic E-state index is 0.240. The lowest BCUT2D eigenvalue weighted by atomic mass is 9.95. The van der Waals surface area contributed by atoms with E-state index in [0.29, 0.717) is 17.4 Å². The molecule has 3 atom stereocenters. The molecule has 1 saturated carbocycles. The predicted molar refractivity (Wildman–Crippen MR) is 43.0 cm³/mol. The molecule has 1 amide bonds. The third kappa shape index (κ3) is 0.815. The maximum absolute atomic E-state index is 11.1. The number of carbonyl (C=O) groups is 1. The van der Waals surface area contributed by atoms with E-state index in [1.165, 1.54) is 0 Å². The van der Waals surface area contributed by atoms with Gasteiger partial charge in [-0.3, -0.25) is 4.79 Å². The van der Waals surface area contributed by atoms with Crippen molar-refractivity contribution in [1.82, 2.24) is 5.32 Å². The SMILES string of the molecule is CC1CC(=O)N[C@H]2[C@H]1C2(C)C. The Hall–Kier alpha value is -0.530. The molecule has 0 aromatic rings. The molecule has 0 radical (unpaired) electrons. The van der Waals surface area contributed by atoms with Crippen LogP contribution in [0.4, 0.5) is 0 Å². The second-order valence-electron chi connectivity index (χ2n) is 4.57. The van der Waals surface area contributed by atoms with E-state index in [-0.39, 0.29) is 5.91 Å². The fraction of sp³-hybridized carbons (Fsp3) is 0.889. The number of rotatable bonds is 0. The van der Waals surface area contributed by atoms with Crippen LogP contribution in [0, 0.1) is 17.3 Å². The molecule has 1 aliphatic heterocycles. The lowest BCUT2D eigenvalue weighted by Crippen LogP contribution is -2.34. The molecule has 0 aromatic heterocycles. The Kier molecular flexibility index (Phi) is 1.16. The van der Waals surface area contributed by atoms with Crippen LogP contribution < -0.4 is 5.32 Å². The molecule has 1 heterocycles. The van der Waals surface area contributed by atoms with Gasteiger partial charge in [0, 0.05) is 12.5 Å². The number of hydrogen-bond acceptors (Lipinski definition) is 1. The molecule has 11 heavy (non-hydrogen) atoms. The number of amides is 1. The van der Waals surface area contributed by atoms with Crippen molar-refractivity contribution in [3.05, 3.63) is 0 Å². The zero-order valence-corrected chi connectivity index (χ0v) is 7.35. The van der Waals surface area contributed by atoms with Crippen LogP contribution >= 0.6 is 0 Å². The summed E-state index contributed by atoms with van der Waals surface area (Å²) in [4.78, 5) is 11.1. The molecule has 2 rings (SSSR count). The number of hydrogen-bond donors (Lipinski definition) is 1. The van der Waals surface area contributed by atoms with Crippen molar-refractivity contribution in [2.75, 3.05) is 0 Å². The lowest BCUT2D eigenvalue weighted by molar-refractivity contribution is -0.123. The Morgan fingerprint density at radius 3 is 2.73 bits per heavy atom. The molecule has 1 aliphatic carbocycles. The maximum Gasteiger partial charge on any atom is 0.220 e. The highest BCUT2D eigenvalue weighted by molar-refractivity contribution is 5.78. The van der Waals surface area contributed by atoms with Crippen LogP contribution in [0.3, 0.4) is 0 Å². The maximum atomic E-state index is 11.1. The zero-order chi connectivity index (χ0) is 8.22. The van der Waals surface area contributed by atoms with E-state index in [4.69, 9.17) is 0 Å². The highest BCUT2D eigenvalue weighted by Gasteiger charge is 2.62. The van der Waals surface area contributed by atoms with Gasteiger partial charge in [-0.1, -0.05) is 20.8 Å². The van der Waals surface area contributed by atoms with E-state index in [0.717, 1.165) is 12.3 Å². The Bertz CT molecular complexity index is 210. The van der Waals surface area contributed by atoms with Gasteiger partial charge >= 0.3 is 0 Å². The Morgan fingerprint density at radius 2 is 2.18 bits per heavy atom. The van der Waals surface area contributed by atoms with Crippen LogP contribution in [0.2, 0.25) is 0 Å². The van der Waals surface area contributed by atoms with E-state index in [2.05, 4.69) is 26.1 Å². The van der Waals surface area contributed by atoms with Gasteiger partial charge in [0.25, 0.3) is 0 Å². The molecule has 0 spiro atoms. The zero-order valence-electron chi connectivity index (χ0n) is 7.35. The molecule has 1 N–H and O–H groups in total. The van der Waals surface area contributed by atoms with E-state index >= 15 is 0 Å². The van der Waals surface area contributed by atoms with Gasteiger partial charge in [-0.2, -0.15) is 0 Å². The van der Waals surface area contributed by atoms with E-state index in [1.54, 1.807) is 0 Å². The van der Waals surface area contributed by atoms with Crippen molar-refractivity contribution in [1.29, 1.82) is 0 Å². The van der Waals surface area contributed by atoms with Gasteiger partial charge in [-0.15, -0.1) is 0 Å². The Labute approximate surface area is 67.4 Å². The largest absolute Gasteiger partial charge is 0.353 e. The van der Waals surface area contributed by atoms with E-state index in [1.807, 2.05) is 0 Å². The number of piperidine rings is 1. The first-order valence-corrected chi connectivity index (χ1v) is 4.33. The summed E-state index contributed by atoms with van der Waals surface area (Å²) < 4.78 is 0. The fourth-order valence-electron chi connectivity index (χ4n) is 2.67. The molecule has 0 aromatic carbocycles. The van der Waals surface area contributed by atoms with Crippen LogP contribution in [0.1, 0.15) is 27.2 Å². The molecule has 2 nitrogen and oxygen atoms in total. The highest BCUT2D eigenvalue weighted by Crippen LogP contribution is 2.58. The molecule has 2 aliphatic rings. The monoisotopic (exact) mass is 153 g/mol. The predicted octanol–water partition coefficient (Wildman–Crippen LogP) is 1.17. The second-order valence-corrected chi connectivity index (χ2v) is 4.57. The summed E-state index contributed by atoms with van der Waals surface area (Å²) >= 11 is 0. The molecular weight excluding hydrogens is 138 g/mol. The molecule has 1 saturated heterocycles. The van der Waals surface area contributed by atoms with Crippen molar-refractivity contribution in [2.24, 2.45) is 17.3 Å². The van der Waals surface area contributed by atoms with Crippen molar-refractivity contribution >= 4 is 5.91 Å². The average molecular weight is 153 g/mol. The third-order valence-electron chi connectivity index (χ3n) is 3.35. The highest BCUT2D eigenvalue weighted by atomic mass is 16.1. The van der Waals surface area contributed by atoms with Crippen molar-refractivity contribution in [3.8, 4) is 0 Å². The average Bonchev–Trinajstić information content (AvgIpc) is 2.34. The summed E-state index contributed by atoms with van der Waals surface area (Å²) in [7, 11) is 0. The standard InChI is InChI=1S/C9H15NO/c1-5-4-6(11)10-8-7(5)9(8,2)3/h5,7-8H,4H2,1-3H3,(H,10,11)/t5?,7-,8-/m0/s1. The molecular formula is C9H15NO. The molecule has 1 unspecified atom stereocenters. The summed E-state index contributed by atoms with van der Waals surface area (Å²) in [6, 6.07) is 0.471. The van der Waals surface area contributed by atoms with Gasteiger partial charge in [0.15, 0.2) is 0 Å². The van der Waals surface area contributed by atoms with Gasteiger partial charge in [-0.05, 0) is 17.3 Å². The second kappa shape index (κ2) is 1.79. The summed E-state index contributed by atoms with van der Waals surface area (Å²) in [6.07, 6.45) is 0.727. The van der Waals surface area contributed by atoms with Gasteiger partial charge in [-0.25, -0.2) is 0 Å². The number of fused-ring (bicyclic) bond motifs is 1. The minimum atomic E-state index is 0.240. The van der Waals surface area contributed by atoms with Gasteiger partial charge in [0.1, 0.15) is 0 Å². The first-order chi connectivity index (χ1) is 5.03. The van der Waals surface area contributed by atoms with E-state index < -0.39 is 0 Å². The van der Waals surface area contributed by atoms with Crippen molar-refractivity contribution < 1.29 is 4.79 Å². The topological polar surface area (TPSA) is 29.1 Å². The van der Waals surface area contributed by atoms with Crippen LogP contribution in [0.5, 0.6) is 0 Å². The van der Waals surface area contributed by atoms with Crippen LogP contribution in [-0.4, -0.2) is 11.9 Å². The first-order valence-electron chi connectivity index (χ1n) is 4.33. The van der Waals surface area contributed by atoms with Gasteiger partial charge in [0.2, 0.25) is 5.91 Å². The quantitative estimate of drug-likeness (QED) is 0.556. The smallest absolute Gasteiger partial charge is 0.220 e. The number of nitrogens with one attached hydrogen (secondary N) is 1. The lowest BCUT2D eigenvalue weighted by Gasteiger charge is -2.16. The van der Waals surface area contributed by atoms with Crippen LogP contribution in [0.25, 0.3) is 0 Å². The Balaban J connectivity index is 2.17. The third-order valence-corrected chi connectivity index (χ3v) is 3.35. The minimum Gasteiger partial charge on any atom is -0.353 e. The summed E-state index contributed by atoms with van der Waals surface area (Å²) in [6.45, 7) is 6.67. The molecule has 62 valence electrons. The summed E-state index contributed by atoms with van der Waals surface area (Å²) in [5.41, 5.74) is 0.367. The van der Waals surface area contributed by atoms with Gasteiger partial charge in [0.05, 0.1) is 0 Å². The molecule has 2 fully saturated rings. The number of carbonyl (C=O) groups excluding carboxylic acids is 1.